The molecule has 1 unspecified atom stereocenters. The maximum atomic E-state index is 11.2. The van der Waals surface area contributed by atoms with E-state index in [0.717, 1.165) is 0 Å². The molecule has 1 aromatic rings. The van der Waals surface area contributed by atoms with Gasteiger partial charge in [-0.25, -0.2) is 9.78 Å². The fourth-order valence-electron chi connectivity index (χ4n) is 1.59. The third kappa shape index (κ3) is 5.09. The monoisotopic (exact) mass is 269 g/mol. The number of carboxylic acids is 1. The van der Waals surface area contributed by atoms with Gasteiger partial charge in [0.25, 0.3) is 0 Å². The van der Waals surface area contributed by atoms with Crippen LogP contribution in [-0.2, 0) is 9.53 Å². The maximum absolute atomic E-state index is 11.2. The molecule has 0 saturated heterocycles. The lowest BCUT2D eigenvalue weighted by Gasteiger charge is -2.15. The van der Waals surface area contributed by atoms with Crippen LogP contribution < -0.4 is 10.1 Å². The van der Waals surface area contributed by atoms with Crippen molar-refractivity contribution >= 4 is 11.8 Å². The summed E-state index contributed by atoms with van der Waals surface area (Å²) in [5.74, 6) is 0.430. The molecule has 1 rings (SSSR count). The second-order valence-corrected chi connectivity index (χ2v) is 4.01. The highest BCUT2D eigenvalue weighted by Gasteiger charge is 2.17. The van der Waals surface area contributed by atoms with Gasteiger partial charge in [0.2, 0.25) is 5.88 Å². The van der Waals surface area contributed by atoms with Crippen molar-refractivity contribution in [1.82, 2.24) is 9.97 Å². The number of carboxylic acid groups (broad SMARTS) is 1. The third-order valence-electron chi connectivity index (χ3n) is 2.49. The van der Waals surface area contributed by atoms with E-state index in [1.807, 2.05) is 0 Å². The number of ether oxygens (including phenoxy) is 2. The fourth-order valence-corrected chi connectivity index (χ4v) is 1.59. The summed E-state index contributed by atoms with van der Waals surface area (Å²) in [7, 11) is 3.08. The van der Waals surface area contributed by atoms with Crippen LogP contribution in [0.3, 0.4) is 0 Å². The number of hydrogen-bond donors (Lipinski definition) is 2. The van der Waals surface area contributed by atoms with Crippen molar-refractivity contribution in [2.45, 2.75) is 25.8 Å². The van der Waals surface area contributed by atoms with Crippen molar-refractivity contribution in [1.29, 1.82) is 0 Å². The first-order valence-corrected chi connectivity index (χ1v) is 5.94. The SMILES string of the molecule is COCCCC(Nc1cc(OC)nc(C)n1)C(=O)O. The number of hydrogen-bond acceptors (Lipinski definition) is 6. The van der Waals surface area contributed by atoms with Gasteiger partial charge in [-0.05, 0) is 19.8 Å². The van der Waals surface area contributed by atoms with Crippen molar-refractivity contribution in [2.24, 2.45) is 0 Å². The lowest BCUT2D eigenvalue weighted by atomic mass is 10.1. The number of nitrogens with zero attached hydrogens (tertiary/aromatic N) is 2. The number of nitrogens with one attached hydrogen (secondary N) is 1. The van der Waals surface area contributed by atoms with Crippen molar-refractivity contribution in [3.63, 3.8) is 0 Å². The van der Waals surface area contributed by atoms with Gasteiger partial charge >= 0.3 is 5.97 Å². The van der Waals surface area contributed by atoms with E-state index >= 15 is 0 Å². The van der Waals surface area contributed by atoms with Gasteiger partial charge in [-0.2, -0.15) is 4.98 Å². The second kappa shape index (κ2) is 7.52. The maximum Gasteiger partial charge on any atom is 0.326 e. The first-order chi connectivity index (χ1) is 9.06. The number of rotatable bonds is 8. The minimum atomic E-state index is -0.925. The molecule has 106 valence electrons. The third-order valence-corrected chi connectivity index (χ3v) is 2.49. The predicted octanol–water partition coefficient (Wildman–Crippen LogP) is 1.09. The molecule has 0 spiro atoms. The number of aromatic nitrogens is 2. The van der Waals surface area contributed by atoms with Crippen LogP contribution in [0.5, 0.6) is 5.88 Å². The molecule has 0 aliphatic carbocycles. The first kappa shape index (κ1) is 15.2. The normalized spacial score (nSPS) is 11.9. The molecule has 1 atom stereocenters. The minimum absolute atomic E-state index is 0.399. The summed E-state index contributed by atoms with van der Waals surface area (Å²) in [6.07, 6.45) is 1.11. The molecule has 0 aliphatic rings. The average Bonchev–Trinajstić information content (AvgIpc) is 2.37. The molecule has 19 heavy (non-hydrogen) atoms. The summed E-state index contributed by atoms with van der Waals surface area (Å²) in [5.41, 5.74) is 0. The fraction of sp³-hybridized carbons (Fsp3) is 0.583. The van der Waals surface area contributed by atoms with Gasteiger partial charge in [0.05, 0.1) is 7.11 Å². The van der Waals surface area contributed by atoms with Gasteiger partial charge in [0.1, 0.15) is 17.7 Å². The van der Waals surface area contributed by atoms with Crippen molar-refractivity contribution in [3.05, 3.63) is 11.9 Å². The Morgan fingerprint density at radius 1 is 1.47 bits per heavy atom. The Balaban J connectivity index is 2.72. The van der Waals surface area contributed by atoms with Crippen LogP contribution in [-0.4, -0.2) is 47.9 Å². The van der Waals surface area contributed by atoms with Crippen LogP contribution in [0.1, 0.15) is 18.7 Å². The van der Waals surface area contributed by atoms with E-state index in [4.69, 9.17) is 14.6 Å². The van der Waals surface area contributed by atoms with Gasteiger partial charge in [0.15, 0.2) is 0 Å². The molecule has 0 aromatic carbocycles. The number of aryl methyl sites for hydroxylation is 1. The zero-order valence-electron chi connectivity index (χ0n) is 11.3. The standard InChI is InChI=1S/C12H19N3O4/c1-8-13-10(7-11(14-8)19-3)15-9(12(16)17)5-4-6-18-2/h7,9H,4-6H2,1-3H3,(H,16,17)(H,13,14,15). The molecule has 7 heteroatoms. The molecule has 2 N–H and O–H groups in total. The van der Waals surface area contributed by atoms with Gasteiger partial charge in [0, 0.05) is 19.8 Å². The average molecular weight is 269 g/mol. The number of anilines is 1. The number of methoxy groups -OCH3 is 2. The summed E-state index contributed by atoms with van der Waals surface area (Å²) >= 11 is 0. The van der Waals surface area contributed by atoms with Crippen LogP contribution in [0.4, 0.5) is 5.82 Å². The lowest BCUT2D eigenvalue weighted by Crippen LogP contribution is -2.30. The van der Waals surface area contributed by atoms with Gasteiger partial charge in [-0.1, -0.05) is 0 Å². The largest absolute Gasteiger partial charge is 0.481 e. The molecule has 1 aromatic heterocycles. The zero-order chi connectivity index (χ0) is 14.3. The van der Waals surface area contributed by atoms with E-state index in [0.29, 0.717) is 37.0 Å². The topological polar surface area (TPSA) is 93.6 Å². The molecule has 1 heterocycles. The summed E-state index contributed by atoms with van der Waals surface area (Å²) in [6, 6.07) is 0.855. The molecule has 0 amide bonds. The summed E-state index contributed by atoms with van der Waals surface area (Å²) < 4.78 is 9.93. The van der Waals surface area contributed by atoms with Crippen LogP contribution in [0, 0.1) is 6.92 Å². The Kier molecular flexibility index (Phi) is 6.01. The van der Waals surface area contributed by atoms with E-state index in [2.05, 4.69) is 15.3 Å². The Morgan fingerprint density at radius 3 is 2.79 bits per heavy atom. The van der Waals surface area contributed by atoms with Gasteiger partial charge in [-0.3, -0.25) is 0 Å². The van der Waals surface area contributed by atoms with E-state index in [1.165, 1.54) is 7.11 Å². The molecule has 0 radical (unpaired) electrons. The number of aliphatic carboxylic acids is 1. The van der Waals surface area contributed by atoms with Crippen LogP contribution in [0.25, 0.3) is 0 Å². The quantitative estimate of drug-likeness (QED) is 0.682. The summed E-state index contributed by atoms with van der Waals surface area (Å²) in [5, 5.41) is 12.0. The molecular formula is C12H19N3O4. The highest BCUT2D eigenvalue weighted by atomic mass is 16.5. The van der Waals surface area contributed by atoms with E-state index < -0.39 is 12.0 Å². The second-order valence-electron chi connectivity index (χ2n) is 4.01. The van der Waals surface area contributed by atoms with Crippen molar-refractivity contribution in [3.8, 4) is 5.88 Å². The minimum Gasteiger partial charge on any atom is -0.481 e. The van der Waals surface area contributed by atoms with E-state index in [1.54, 1.807) is 20.1 Å². The van der Waals surface area contributed by atoms with Crippen LogP contribution >= 0.6 is 0 Å². The first-order valence-electron chi connectivity index (χ1n) is 5.94. The molecule has 0 bridgehead atoms. The zero-order valence-corrected chi connectivity index (χ0v) is 11.3. The number of carbonyl (C=O) groups is 1. The van der Waals surface area contributed by atoms with Gasteiger partial charge in [-0.15, -0.1) is 0 Å². The van der Waals surface area contributed by atoms with Crippen LogP contribution in [0.2, 0.25) is 0 Å². The summed E-state index contributed by atoms with van der Waals surface area (Å²) in [6.45, 7) is 2.24. The molecule has 0 fully saturated rings. The Bertz CT molecular complexity index is 425. The molecule has 7 nitrogen and oxygen atoms in total. The smallest absolute Gasteiger partial charge is 0.326 e. The highest BCUT2D eigenvalue weighted by molar-refractivity contribution is 5.76. The van der Waals surface area contributed by atoms with Gasteiger partial charge < -0.3 is 19.9 Å². The van der Waals surface area contributed by atoms with Crippen molar-refractivity contribution in [2.75, 3.05) is 26.1 Å². The Labute approximate surface area is 112 Å². The molecular weight excluding hydrogens is 250 g/mol. The molecule has 0 aliphatic heterocycles. The van der Waals surface area contributed by atoms with E-state index in [9.17, 15) is 4.79 Å². The Morgan fingerprint density at radius 2 is 2.21 bits per heavy atom. The Hall–Kier alpha value is -1.89. The lowest BCUT2D eigenvalue weighted by molar-refractivity contribution is -0.138. The van der Waals surface area contributed by atoms with E-state index in [-0.39, 0.29) is 0 Å². The molecule has 0 saturated carbocycles. The highest BCUT2D eigenvalue weighted by Crippen LogP contribution is 2.15. The van der Waals surface area contributed by atoms with Crippen molar-refractivity contribution < 1.29 is 19.4 Å². The summed E-state index contributed by atoms with van der Waals surface area (Å²) in [4.78, 5) is 19.3. The predicted molar refractivity (Wildman–Crippen MR) is 69.5 cm³/mol. The van der Waals surface area contributed by atoms with Crippen LogP contribution in [0.15, 0.2) is 6.07 Å².